The summed E-state index contributed by atoms with van der Waals surface area (Å²) in [4.78, 5) is 40.5. The van der Waals surface area contributed by atoms with Gasteiger partial charge in [0.2, 0.25) is 5.78 Å². The maximum Gasteiger partial charge on any atom is 0.316 e. The number of benzene rings is 1. The summed E-state index contributed by atoms with van der Waals surface area (Å²) in [6.45, 7) is 10.5. The molecule has 0 bridgehead atoms. The van der Waals surface area contributed by atoms with Crippen LogP contribution in [0, 0.1) is 27.7 Å². The standard InChI is InChI=1S/C21H25NO4S/c1-11-7-8-12(2)17(9-11)27-10-18(24)26-16(6)21(25)20-13(3)19(15(5)23)14(4)22-20/h7-9,16,22H,10H2,1-6H3/t16-/m0/s1. The second-order valence-corrected chi connectivity index (χ2v) is 7.75. The minimum absolute atomic E-state index is 0.102. The number of hydrogen-bond acceptors (Lipinski definition) is 5. The van der Waals surface area contributed by atoms with Crippen LogP contribution in [0.1, 0.15) is 57.1 Å². The summed E-state index contributed by atoms with van der Waals surface area (Å²) in [6.07, 6.45) is -0.923. The highest BCUT2D eigenvalue weighted by molar-refractivity contribution is 8.00. The second-order valence-electron chi connectivity index (χ2n) is 6.74. The molecule has 2 aromatic rings. The number of ether oxygens (including phenoxy) is 1. The Morgan fingerprint density at radius 2 is 1.81 bits per heavy atom. The van der Waals surface area contributed by atoms with Crippen molar-refractivity contribution in [3.63, 3.8) is 0 Å². The van der Waals surface area contributed by atoms with E-state index in [-0.39, 0.29) is 17.3 Å². The highest BCUT2D eigenvalue weighted by Crippen LogP contribution is 2.24. The summed E-state index contributed by atoms with van der Waals surface area (Å²) >= 11 is 1.39. The van der Waals surface area contributed by atoms with Crippen LogP contribution in [0.3, 0.4) is 0 Å². The van der Waals surface area contributed by atoms with Crippen molar-refractivity contribution in [2.24, 2.45) is 0 Å². The van der Waals surface area contributed by atoms with Gasteiger partial charge in [0.25, 0.3) is 0 Å². The smallest absolute Gasteiger partial charge is 0.316 e. The average molecular weight is 388 g/mol. The molecule has 1 N–H and O–H groups in total. The Bertz CT molecular complexity index is 898. The van der Waals surface area contributed by atoms with Crippen LogP contribution >= 0.6 is 11.8 Å². The first-order valence-corrected chi connectivity index (χ1v) is 9.74. The van der Waals surface area contributed by atoms with Crippen molar-refractivity contribution in [1.82, 2.24) is 4.98 Å². The number of rotatable bonds is 7. The number of aromatic nitrogens is 1. The third kappa shape index (κ3) is 4.89. The fourth-order valence-corrected chi connectivity index (χ4v) is 3.92. The SMILES string of the molecule is CC(=O)c1c(C)[nH]c(C(=O)[C@H](C)OC(=O)CSc2cc(C)ccc2C)c1C. The van der Waals surface area contributed by atoms with Crippen LogP contribution in [-0.2, 0) is 9.53 Å². The minimum atomic E-state index is -0.923. The molecule has 6 heteroatoms. The van der Waals surface area contributed by atoms with Gasteiger partial charge in [-0.25, -0.2) is 0 Å². The van der Waals surface area contributed by atoms with Gasteiger partial charge < -0.3 is 9.72 Å². The Morgan fingerprint density at radius 3 is 2.41 bits per heavy atom. The molecule has 0 unspecified atom stereocenters. The molecule has 0 saturated heterocycles. The van der Waals surface area contributed by atoms with Gasteiger partial charge in [-0.3, -0.25) is 14.4 Å². The maximum absolute atomic E-state index is 12.6. The number of hydrogen-bond donors (Lipinski definition) is 1. The number of carbonyl (C=O) groups is 3. The van der Waals surface area contributed by atoms with Gasteiger partial charge in [-0.2, -0.15) is 0 Å². The summed E-state index contributed by atoms with van der Waals surface area (Å²) in [6, 6.07) is 6.06. The van der Waals surface area contributed by atoms with Crippen molar-refractivity contribution in [1.29, 1.82) is 0 Å². The summed E-state index contributed by atoms with van der Waals surface area (Å²) in [5.41, 5.74) is 4.29. The van der Waals surface area contributed by atoms with Crippen LogP contribution in [-0.4, -0.2) is 34.4 Å². The lowest BCUT2D eigenvalue weighted by molar-refractivity contribution is -0.143. The fourth-order valence-electron chi connectivity index (χ4n) is 3.01. The number of nitrogens with one attached hydrogen (secondary N) is 1. The predicted octanol–water partition coefficient (Wildman–Crippen LogP) is 4.36. The zero-order valence-electron chi connectivity index (χ0n) is 16.6. The summed E-state index contributed by atoms with van der Waals surface area (Å²) < 4.78 is 5.31. The van der Waals surface area contributed by atoms with Gasteiger partial charge >= 0.3 is 5.97 Å². The molecule has 0 aliphatic carbocycles. The number of aryl methyl sites for hydroxylation is 3. The molecule has 0 aliphatic rings. The molecule has 27 heavy (non-hydrogen) atoms. The van der Waals surface area contributed by atoms with Gasteiger partial charge in [-0.15, -0.1) is 11.8 Å². The van der Waals surface area contributed by atoms with Gasteiger partial charge in [0, 0.05) is 16.2 Å². The predicted molar refractivity (Wildman–Crippen MR) is 107 cm³/mol. The van der Waals surface area contributed by atoms with Crippen LogP contribution < -0.4 is 0 Å². The van der Waals surface area contributed by atoms with E-state index in [9.17, 15) is 14.4 Å². The molecule has 0 spiro atoms. The fraction of sp³-hybridized carbons (Fsp3) is 0.381. The van der Waals surface area contributed by atoms with E-state index in [1.165, 1.54) is 18.7 Å². The lowest BCUT2D eigenvalue weighted by atomic mass is 10.0. The highest BCUT2D eigenvalue weighted by Gasteiger charge is 2.26. The normalized spacial score (nSPS) is 11.9. The van der Waals surface area contributed by atoms with E-state index in [1.54, 1.807) is 20.8 Å². The van der Waals surface area contributed by atoms with Crippen molar-refractivity contribution in [2.75, 3.05) is 5.75 Å². The number of ketones is 2. The first-order valence-electron chi connectivity index (χ1n) is 8.75. The number of aromatic amines is 1. The monoisotopic (exact) mass is 387 g/mol. The summed E-state index contributed by atoms with van der Waals surface area (Å²) in [5.74, 6) is -0.763. The molecule has 1 aromatic heterocycles. The van der Waals surface area contributed by atoms with E-state index in [4.69, 9.17) is 4.74 Å². The molecule has 2 rings (SSSR count). The number of H-pyrrole nitrogens is 1. The van der Waals surface area contributed by atoms with Gasteiger partial charge in [-0.1, -0.05) is 17.7 Å². The molecule has 0 saturated carbocycles. The zero-order chi connectivity index (χ0) is 20.3. The zero-order valence-corrected chi connectivity index (χ0v) is 17.4. The first-order chi connectivity index (χ1) is 12.6. The Balaban J connectivity index is 2.02. The van der Waals surface area contributed by atoms with Gasteiger partial charge in [-0.05, 0) is 58.7 Å². The average Bonchev–Trinajstić information content (AvgIpc) is 2.89. The molecule has 1 atom stereocenters. The minimum Gasteiger partial charge on any atom is -0.454 e. The highest BCUT2D eigenvalue weighted by atomic mass is 32.2. The molecule has 0 fully saturated rings. The van der Waals surface area contributed by atoms with Crippen LogP contribution in [0.15, 0.2) is 23.1 Å². The van der Waals surface area contributed by atoms with Crippen LogP contribution in [0.4, 0.5) is 0 Å². The number of thioether (sulfide) groups is 1. The van der Waals surface area contributed by atoms with Crippen molar-refractivity contribution in [2.45, 2.75) is 52.5 Å². The molecule has 0 aliphatic heterocycles. The molecule has 1 aromatic carbocycles. The first kappa shape index (κ1) is 21.0. The Hall–Kier alpha value is -2.34. The van der Waals surface area contributed by atoms with Crippen LogP contribution in [0.2, 0.25) is 0 Å². The third-order valence-electron chi connectivity index (χ3n) is 4.40. The summed E-state index contributed by atoms with van der Waals surface area (Å²) in [7, 11) is 0. The topological polar surface area (TPSA) is 76.2 Å². The van der Waals surface area contributed by atoms with E-state index in [0.29, 0.717) is 22.5 Å². The van der Waals surface area contributed by atoms with Crippen molar-refractivity contribution in [3.8, 4) is 0 Å². The van der Waals surface area contributed by atoms with Crippen LogP contribution in [0.5, 0.6) is 0 Å². The Morgan fingerprint density at radius 1 is 1.15 bits per heavy atom. The Kier molecular flexibility index (Phi) is 6.65. The molecule has 0 amide bonds. The molecular formula is C21H25NO4S. The van der Waals surface area contributed by atoms with Crippen LogP contribution in [0.25, 0.3) is 0 Å². The lowest BCUT2D eigenvalue weighted by Gasteiger charge is -2.13. The van der Waals surface area contributed by atoms with E-state index in [2.05, 4.69) is 4.98 Å². The van der Waals surface area contributed by atoms with Gasteiger partial charge in [0.05, 0.1) is 11.4 Å². The molecule has 144 valence electrons. The molecule has 5 nitrogen and oxygen atoms in total. The van der Waals surface area contributed by atoms with Crippen molar-refractivity contribution < 1.29 is 19.1 Å². The van der Waals surface area contributed by atoms with Crippen molar-refractivity contribution >= 4 is 29.3 Å². The molecule has 1 heterocycles. The third-order valence-corrected chi connectivity index (χ3v) is 5.53. The summed E-state index contributed by atoms with van der Waals surface area (Å²) in [5, 5.41) is 0. The van der Waals surface area contributed by atoms with E-state index in [0.717, 1.165) is 16.0 Å². The quantitative estimate of drug-likeness (QED) is 0.434. The van der Waals surface area contributed by atoms with E-state index >= 15 is 0 Å². The van der Waals surface area contributed by atoms with Gasteiger partial charge in [0.15, 0.2) is 11.9 Å². The Labute approximate surface area is 163 Å². The van der Waals surface area contributed by atoms with Gasteiger partial charge in [0.1, 0.15) is 0 Å². The largest absolute Gasteiger partial charge is 0.454 e. The molecule has 0 radical (unpaired) electrons. The second kappa shape index (κ2) is 8.57. The van der Waals surface area contributed by atoms with Crippen molar-refractivity contribution in [3.05, 3.63) is 51.8 Å². The maximum atomic E-state index is 12.6. The van der Waals surface area contributed by atoms with E-state index < -0.39 is 12.1 Å². The number of esters is 1. The molecular weight excluding hydrogens is 362 g/mol. The van der Waals surface area contributed by atoms with E-state index in [1.807, 2.05) is 32.0 Å². The lowest BCUT2D eigenvalue weighted by Crippen LogP contribution is -2.26. The number of carbonyl (C=O) groups excluding carboxylic acids is 3. The number of Topliss-reactive ketones (excluding diaryl/α,β-unsaturated/α-hetero) is 2.